The van der Waals surface area contributed by atoms with Crippen LogP contribution >= 0.6 is 0 Å². The molecule has 5 heteroatoms. The van der Waals surface area contributed by atoms with E-state index in [1.165, 1.54) is 0 Å². The second-order valence-corrected chi connectivity index (χ2v) is 7.49. The highest BCUT2D eigenvalue weighted by atomic mass is 16.2. The third-order valence-electron chi connectivity index (χ3n) is 4.90. The molecule has 1 aliphatic heterocycles. The van der Waals surface area contributed by atoms with E-state index in [0.717, 1.165) is 31.9 Å². The van der Waals surface area contributed by atoms with Gasteiger partial charge in [0.2, 0.25) is 0 Å². The number of pyridine rings is 1. The van der Waals surface area contributed by atoms with Crippen LogP contribution in [0.15, 0.2) is 24.4 Å². The van der Waals surface area contributed by atoms with Gasteiger partial charge in [-0.2, -0.15) is 0 Å². The molecule has 0 bridgehead atoms. The predicted octanol–water partition coefficient (Wildman–Crippen LogP) is 2.90. The number of carbonyl (C=O) groups is 1. The maximum absolute atomic E-state index is 12.4. The summed E-state index contributed by atoms with van der Waals surface area (Å²) in [6.45, 7) is 14.0. The quantitative estimate of drug-likeness (QED) is 0.932. The number of aromatic nitrogens is 1. The van der Waals surface area contributed by atoms with Crippen molar-refractivity contribution in [1.82, 2.24) is 20.1 Å². The molecule has 0 unspecified atom stereocenters. The van der Waals surface area contributed by atoms with Crippen molar-refractivity contribution in [2.45, 2.75) is 46.7 Å². The summed E-state index contributed by atoms with van der Waals surface area (Å²) in [6, 6.07) is 6.52. The molecule has 0 radical (unpaired) electrons. The number of nitrogens with zero attached hydrogens (tertiary/aromatic N) is 3. The van der Waals surface area contributed by atoms with Crippen molar-refractivity contribution < 1.29 is 4.79 Å². The summed E-state index contributed by atoms with van der Waals surface area (Å²) >= 11 is 0. The third-order valence-corrected chi connectivity index (χ3v) is 4.90. The first-order valence-electron chi connectivity index (χ1n) is 8.49. The molecule has 1 fully saturated rings. The van der Waals surface area contributed by atoms with Crippen molar-refractivity contribution in [3.8, 4) is 0 Å². The van der Waals surface area contributed by atoms with Crippen molar-refractivity contribution >= 4 is 6.03 Å². The lowest BCUT2D eigenvalue weighted by Gasteiger charge is -2.39. The summed E-state index contributed by atoms with van der Waals surface area (Å²) < 4.78 is 0. The Morgan fingerprint density at radius 3 is 2.35 bits per heavy atom. The molecule has 1 saturated heterocycles. The van der Waals surface area contributed by atoms with Crippen LogP contribution in [0.3, 0.4) is 0 Å². The average Bonchev–Trinajstić information content (AvgIpc) is 2.54. The van der Waals surface area contributed by atoms with E-state index in [9.17, 15) is 4.79 Å². The van der Waals surface area contributed by atoms with Gasteiger partial charge >= 0.3 is 6.03 Å². The van der Waals surface area contributed by atoms with E-state index < -0.39 is 0 Å². The largest absolute Gasteiger partial charge is 0.335 e. The van der Waals surface area contributed by atoms with Gasteiger partial charge in [-0.05, 0) is 31.4 Å². The fraction of sp³-hybridized carbons (Fsp3) is 0.667. The Morgan fingerprint density at radius 1 is 1.17 bits per heavy atom. The van der Waals surface area contributed by atoms with Gasteiger partial charge in [-0.3, -0.25) is 9.88 Å². The summed E-state index contributed by atoms with van der Waals surface area (Å²) in [6.07, 6.45) is 1.84. The van der Waals surface area contributed by atoms with Crippen LogP contribution in [0.4, 0.5) is 4.79 Å². The minimum absolute atomic E-state index is 0.0533. The van der Waals surface area contributed by atoms with Gasteiger partial charge in [0.15, 0.2) is 0 Å². The molecule has 2 atom stereocenters. The van der Waals surface area contributed by atoms with E-state index in [1.807, 2.05) is 23.2 Å². The first kappa shape index (κ1) is 17.7. The third kappa shape index (κ3) is 4.67. The summed E-state index contributed by atoms with van der Waals surface area (Å²) in [5, 5.41) is 3.12. The van der Waals surface area contributed by atoms with Gasteiger partial charge in [-0.25, -0.2) is 4.79 Å². The summed E-state index contributed by atoms with van der Waals surface area (Å²) in [7, 11) is 0. The molecule has 2 amide bonds. The lowest BCUT2D eigenvalue weighted by Crippen LogP contribution is -2.55. The van der Waals surface area contributed by atoms with E-state index in [2.05, 4.69) is 55.9 Å². The monoisotopic (exact) mass is 318 g/mol. The molecule has 1 N–H and O–H groups in total. The van der Waals surface area contributed by atoms with Crippen LogP contribution < -0.4 is 5.32 Å². The molecule has 0 aliphatic carbocycles. The summed E-state index contributed by atoms with van der Waals surface area (Å²) in [4.78, 5) is 21.1. The number of rotatable bonds is 3. The van der Waals surface area contributed by atoms with Crippen molar-refractivity contribution in [1.29, 1.82) is 0 Å². The highest BCUT2D eigenvalue weighted by Gasteiger charge is 2.28. The molecule has 1 aromatic rings. The molecule has 1 aromatic heterocycles. The minimum atomic E-state index is 0.0533. The summed E-state index contributed by atoms with van der Waals surface area (Å²) in [5.74, 6) is 0. The molecule has 0 aromatic carbocycles. The Labute approximate surface area is 140 Å². The molecule has 5 nitrogen and oxygen atoms in total. The fourth-order valence-corrected chi connectivity index (χ4v) is 2.62. The number of carbonyl (C=O) groups excluding carboxylic acids is 1. The highest BCUT2D eigenvalue weighted by molar-refractivity contribution is 5.74. The van der Waals surface area contributed by atoms with Crippen molar-refractivity contribution in [3.63, 3.8) is 0 Å². The van der Waals surface area contributed by atoms with Crippen LogP contribution in [-0.4, -0.2) is 53.0 Å². The highest BCUT2D eigenvalue weighted by Crippen LogP contribution is 2.21. The van der Waals surface area contributed by atoms with Gasteiger partial charge in [0.1, 0.15) is 0 Å². The Hall–Kier alpha value is -1.62. The maximum Gasteiger partial charge on any atom is 0.317 e. The Balaban J connectivity index is 1.85. The molecular formula is C18H30N4O. The number of amides is 2. The molecule has 2 rings (SSSR count). The first-order valence-corrected chi connectivity index (χ1v) is 8.49. The molecule has 128 valence electrons. The molecular weight excluding hydrogens is 288 g/mol. The molecule has 2 heterocycles. The van der Waals surface area contributed by atoms with Gasteiger partial charge in [0.25, 0.3) is 0 Å². The zero-order valence-electron chi connectivity index (χ0n) is 15.0. The summed E-state index contributed by atoms with van der Waals surface area (Å²) in [5.41, 5.74) is 1.16. The molecule has 1 aliphatic rings. The molecule has 0 saturated carbocycles. The van der Waals surface area contributed by atoms with Crippen LogP contribution in [0.5, 0.6) is 0 Å². The van der Waals surface area contributed by atoms with Crippen molar-refractivity contribution in [3.05, 3.63) is 30.1 Å². The average molecular weight is 318 g/mol. The van der Waals surface area contributed by atoms with E-state index in [0.29, 0.717) is 0 Å². The Bertz CT molecular complexity index is 504. The van der Waals surface area contributed by atoms with E-state index in [1.54, 1.807) is 0 Å². The number of hydrogen-bond acceptors (Lipinski definition) is 3. The van der Waals surface area contributed by atoms with Gasteiger partial charge in [0.05, 0.1) is 5.69 Å². The van der Waals surface area contributed by atoms with Crippen LogP contribution in [0.2, 0.25) is 0 Å². The maximum atomic E-state index is 12.4. The van der Waals surface area contributed by atoms with Crippen LogP contribution in [0.25, 0.3) is 0 Å². The predicted molar refractivity (Wildman–Crippen MR) is 93.2 cm³/mol. The molecule has 0 spiro atoms. The second-order valence-electron chi connectivity index (χ2n) is 7.49. The zero-order chi connectivity index (χ0) is 17.0. The normalized spacial score (nSPS) is 19.3. The number of piperazine rings is 1. The Morgan fingerprint density at radius 2 is 1.83 bits per heavy atom. The number of hydrogen-bond donors (Lipinski definition) is 1. The number of nitrogens with one attached hydrogen (secondary N) is 1. The van der Waals surface area contributed by atoms with Crippen molar-refractivity contribution in [2.75, 3.05) is 26.2 Å². The number of urea groups is 1. The smallest absolute Gasteiger partial charge is 0.317 e. The van der Waals surface area contributed by atoms with Gasteiger partial charge < -0.3 is 10.2 Å². The van der Waals surface area contributed by atoms with Gasteiger partial charge in [-0.15, -0.1) is 0 Å². The lowest BCUT2D eigenvalue weighted by molar-refractivity contribution is 0.108. The lowest BCUT2D eigenvalue weighted by atomic mass is 9.88. The second kappa shape index (κ2) is 7.30. The van der Waals surface area contributed by atoms with Crippen LogP contribution in [0.1, 0.15) is 46.4 Å². The fourth-order valence-electron chi connectivity index (χ4n) is 2.62. The first-order chi connectivity index (χ1) is 10.8. The SMILES string of the molecule is C[C@H](c1ccccn1)N1CCN(C(=O)N[C@@H](C)C(C)(C)C)CC1. The minimum Gasteiger partial charge on any atom is -0.335 e. The standard InChI is InChI=1S/C18H30N4O/c1-14(16-8-6-7-9-19-16)21-10-12-22(13-11-21)17(23)20-15(2)18(3,4)5/h6-9,14-15H,10-13H2,1-5H3,(H,20,23)/t14-,15+/m1/s1. The van der Waals surface area contributed by atoms with Gasteiger partial charge in [0, 0.05) is 44.5 Å². The van der Waals surface area contributed by atoms with E-state index in [4.69, 9.17) is 0 Å². The zero-order valence-corrected chi connectivity index (χ0v) is 15.0. The van der Waals surface area contributed by atoms with Crippen LogP contribution in [-0.2, 0) is 0 Å². The van der Waals surface area contributed by atoms with Gasteiger partial charge in [-0.1, -0.05) is 26.8 Å². The van der Waals surface area contributed by atoms with Crippen LogP contribution in [0, 0.1) is 5.41 Å². The Kier molecular flexibility index (Phi) is 5.63. The molecule has 23 heavy (non-hydrogen) atoms. The topological polar surface area (TPSA) is 48.5 Å². The van der Waals surface area contributed by atoms with E-state index in [-0.39, 0.29) is 23.5 Å². The van der Waals surface area contributed by atoms with Crippen molar-refractivity contribution in [2.24, 2.45) is 5.41 Å². The van der Waals surface area contributed by atoms with E-state index >= 15 is 0 Å².